The van der Waals surface area contributed by atoms with Gasteiger partial charge in [0.2, 0.25) is 5.91 Å². The SMILES string of the molecule is CC(C)(C)c1ccc(OCCCC(=O)N/N=C/c2ccc(Cl)cc2Cl)c(Br)c1. The van der Waals surface area contributed by atoms with Crippen LogP contribution in [0.4, 0.5) is 0 Å². The Kier molecular flexibility index (Phi) is 8.35. The summed E-state index contributed by atoms with van der Waals surface area (Å²) < 4.78 is 6.67. The summed E-state index contributed by atoms with van der Waals surface area (Å²) in [6.07, 6.45) is 2.38. The summed E-state index contributed by atoms with van der Waals surface area (Å²) >= 11 is 15.4. The lowest BCUT2D eigenvalue weighted by Gasteiger charge is -2.20. The summed E-state index contributed by atoms with van der Waals surface area (Å²) in [6, 6.07) is 11.1. The fraction of sp³-hybridized carbons (Fsp3) is 0.333. The summed E-state index contributed by atoms with van der Waals surface area (Å²) in [4.78, 5) is 11.9. The zero-order chi connectivity index (χ0) is 20.7. The summed E-state index contributed by atoms with van der Waals surface area (Å²) in [5, 5.41) is 4.94. The highest BCUT2D eigenvalue weighted by Crippen LogP contribution is 2.31. The maximum absolute atomic E-state index is 11.9. The fourth-order valence-corrected chi connectivity index (χ4v) is 3.29. The van der Waals surface area contributed by atoms with Gasteiger partial charge in [-0.15, -0.1) is 0 Å². The fourth-order valence-electron chi connectivity index (χ4n) is 2.34. The van der Waals surface area contributed by atoms with Crippen LogP contribution in [0.25, 0.3) is 0 Å². The first-order valence-electron chi connectivity index (χ1n) is 8.86. The van der Waals surface area contributed by atoms with Crippen molar-refractivity contribution in [3.05, 3.63) is 62.0 Å². The van der Waals surface area contributed by atoms with E-state index in [1.54, 1.807) is 18.2 Å². The van der Waals surface area contributed by atoms with Gasteiger partial charge in [-0.05, 0) is 57.6 Å². The average Bonchev–Trinajstić information content (AvgIpc) is 2.61. The van der Waals surface area contributed by atoms with Crippen molar-refractivity contribution in [3.63, 3.8) is 0 Å². The van der Waals surface area contributed by atoms with Crippen LogP contribution < -0.4 is 10.2 Å². The molecular formula is C21H23BrCl2N2O2. The predicted octanol–water partition coefficient (Wildman–Crippen LogP) is 6.36. The lowest BCUT2D eigenvalue weighted by Crippen LogP contribution is -2.18. The Morgan fingerprint density at radius 1 is 1.21 bits per heavy atom. The van der Waals surface area contributed by atoms with E-state index in [0.717, 1.165) is 10.2 Å². The molecule has 0 aliphatic heterocycles. The molecule has 2 aromatic carbocycles. The zero-order valence-electron chi connectivity index (χ0n) is 16.1. The van der Waals surface area contributed by atoms with Crippen molar-refractivity contribution in [3.8, 4) is 5.75 Å². The monoisotopic (exact) mass is 484 g/mol. The van der Waals surface area contributed by atoms with E-state index in [2.05, 4.69) is 59.4 Å². The molecule has 0 unspecified atom stereocenters. The van der Waals surface area contributed by atoms with Gasteiger partial charge in [0.1, 0.15) is 5.75 Å². The second-order valence-electron chi connectivity index (χ2n) is 7.31. The molecule has 0 heterocycles. The van der Waals surface area contributed by atoms with E-state index >= 15 is 0 Å². The number of nitrogens with zero attached hydrogens (tertiary/aromatic N) is 1. The van der Waals surface area contributed by atoms with E-state index < -0.39 is 0 Å². The van der Waals surface area contributed by atoms with Gasteiger partial charge >= 0.3 is 0 Å². The molecule has 1 N–H and O–H groups in total. The highest BCUT2D eigenvalue weighted by Gasteiger charge is 2.15. The number of hydrogen-bond acceptors (Lipinski definition) is 3. The van der Waals surface area contributed by atoms with Crippen molar-refractivity contribution in [1.29, 1.82) is 0 Å². The third-order valence-corrected chi connectivity index (χ3v) is 5.14. The van der Waals surface area contributed by atoms with Gasteiger partial charge in [0.15, 0.2) is 0 Å². The zero-order valence-corrected chi connectivity index (χ0v) is 19.2. The van der Waals surface area contributed by atoms with Gasteiger partial charge < -0.3 is 4.74 Å². The van der Waals surface area contributed by atoms with Crippen LogP contribution in [0, 0.1) is 0 Å². The van der Waals surface area contributed by atoms with E-state index in [9.17, 15) is 4.79 Å². The molecule has 0 radical (unpaired) electrons. The molecule has 0 spiro atoms. The third kappa shape index (κ3) is 7.12. The van der Waals surface area contributed by atoms with Crippen LogP contribution in [0.15, 0.2) is 46.0 Å². The van der Waals surface area contributed by atoms with Crippen LogP contribution in [0.1, 0.15) is 44.7 Å². The molecule has 7 heteroatoms. The largest absolute Gasteiger partial charge is 0.492 e. The number of carbonyl (C=O) groups excluding carboxylic acids is 1. The molecule has 2 aromatic rings. The van der Waals surface area contributed by atoms with Crippen LogP contribution in [-0.4, -0.2) is 18.7 Å². The number of carbonyl (C=O) groups is 1. The van der Waals surface area contributed by atoms with Gasteiger partial charge in [0.05, 0.1) is 22.3 Å². The number of ether oxygens (including phenoxy) is 1. The summed E-state index contributed by atoms with van der Waals surface area (Å²) in [6.45, 7) is 6.93. The van der Waals surface area contributed by atoms with Crippen LogP contribution in [0.2, 0.25) is 10.0 Å². The summed E-state index contributed by atoms with van der Waals surface area (Å²) in [5.74, 6) is 0.580. The second-order valence-corrected chi connectivity index (χ2v) is 9.00. The Hall–Kier alpha value is -1.56. The van der Waals surface area contributed by atoms with Crippen LogP contribution in [0.5, 0.6) is 5.75 Å². The minimum absolute atomic E-state index is 0.0793. The normalized spacial score (nSPS) is 11.6. The van der Waals surface area contributed by atoms with E-state index in [1.807, 2.05) is 6.07 Å². The molecule has 0 saturated heterocycles. The molecule has 0 aliphatic carbocycles. The highest BCUT2D eigenvalue weighted by molar-refractivity contribution is 9.10. The number of rotatable bonds is 7. The van der Waals surface area contributed by atoms with Crippen molar-refractivity contribution in [2.24, 2.45) is 5.10 Å². The molecule has 0 bridgehead atoms. The molecule has 0 saturated carbocycles. The van der Waals surface area contributed by atoms with Crippen molar-refractivity contribution in [1.82, 2.24) is 5.43 Å². The Labute approximate surface area is 184 Å². The lowest BCUT2D eigenvalue weighted by atomic mass is 9.87. The number of nitrogens with one attached hydrogen (secondary N) is 1. The predicted molar refractivity (Wildman–Crippen MR) is 120 cm³/mol. The second kappa shape index (κ2) is 10.3. The van der Waals surface area contributed by atoms with Crippen LogP contribution in [0.3, 0.4) is 0 Å². The van der Waals surface area contributed by atoms with Crippen LogP contribution in [-0.2, 0) is 10.2 Å². The molecule has 0 aliphatic rings. The minimum atomic E-state index is -0.188. The topological polar surface area (TPSA) is 50.7 Å². The maximum Gasteiger partial charge on any atom is 0.240 e. The standard InChI is InChI=1S/C21H23BrCl2N2O2/c1-21(2,3)15-7-9-19(17(22)11-15)28-10-4-5-20(27)26-25-13-14-6-8-16(23)12-18(14)24/h6-9,11-13H,4-5,10H2,1-3H3,(H,26,27)/b25-13+. The first-order valence-corrected chi connectivity index (χ1v) is 10.4. The van der Waals surface area contributed by atoms with E-state index in [4.69, 9.17) is 27.9 Å². The van der Waals surface area contributed by atoms with Crippen molar-refractivity contribution in [2.75, 3.05) is 6.61 Å². The highest BCUT2D eigenvalue weighted by atomic mass is 79.9. The third-order valence-electron chi connectivity index (χ3n) is 3.96. The lowest BCUT2D eigenvalue weighted by molar-refractivity contribution is -0.121. The van der Waals surface area contributed by atoms with E-state index in [1.165, 1.54) is 11.8 Å². The quantitative estimate of drug-likeness (QED) is 0.281. The average molecular weight is 486 g/mol. The summed E-state index contributed by atoms with van der Waals surface area (Å²) in [7, 11) is 0. The van der Waals surface area contributed by atoms with Crippen molar-refractivity contribution >= 4 is 51.3 Å². The first kappa shape index (κ1) is 22.7. The molecule has 0 aromatic heterocycles. The van der Waals surface area contributed by atoms with Gasteiger partial charge in [-0.2, -0.15) is 5.10 Å². The number of hydrogen-bond donors (Lipinski definition) is 1. The number of halogens is 3. The molecule has 0 atom stereocenters. The molecule has 2 rings (SSSR count). The summed E-state index contributed by atoms with van der Waals surface area (Å²) in [5.41, 5.74) is 4.47. The van der Waals surface area contributed by atoms with Gasteiger partial charge in [0.25, 0.3) is 0 Å². The Morgan fingerprint density at radius 3 is 2.61 bits per heavy atom. The Bertz CT molecular complexity index is 864. The Morgan fingerprint density at radius 2 is 1.96 bits per heavy atom. The van der Waals surface area contributed by atoms with Crippen LogP contribution >= 0.6 is 39.1 Å². The minimum Gasteiger partial charge on any atom is -0.492 e. The van der Waals surface area contributed by atoms with Gasteiger partial charge in [-0.1, -0.05) is 56.1 Å². The first-order chi connectivity index (χ1) is 13.2. The van der Waals surface area contributed by atoms with E-state index in [0.29, 0.717) is 35.1 Å². The number of benzene rings is 2. The Balaban J connectivity index is 1.74. The molecule has 4 nitrogen and oxygen atoms in total. The van der Waals surface area contributed by atoms with Crippen molar-refractivity contribution < 1.29 is 9.53 Å². The maximum atomic E-state index is 11.9. The molecular weight excluding hydrogens is 463 g/mol. The smallest absolute Gasteiger partial charge is 0.240 e. The molecule has 28 heavy (non-hydrogen) atoms. The van der Waals surface area contributed by atoms with Gasteiger partial charge in [0, 0.05) is 17.0 Å². The van der Waals surface area contributed by atoms with Gasteiger partial charge in [-0.3, -0.25) is 4.79 Å². The molecule has 150 valence electrons. The van der Waals surface area contributed by atoms with Gasteiger partial charge in [-0.25, -0.2) is 5.43 Å². The number of amides is 1. The number of hydrazone groups is 1. The van der Waals surface area contributed by atoms with E-state index in [-0.39, 0.29) is 11.3 Å². The van der Waals surface area contributed by atoms with Crippen molar-refractivity contribution in [2.45, 2.75) is 39.0 Å². The molecule has 0 fully saturated rings. The molecule has 1 amide bonds.